The van der Waals surface area contributed by atoms with Crippen molar-refractivity contribution in [3.05, 3.63) is 65.2 Å². The number of rotatable bonds is 6. The molecule has 0 bridgehead atoms. The number of aromatic nitrogens is 4. The Balaban J connectivity index is 1.67. The highest BCUT2D eigenvalue weighted by atomic mass is 35.5. The first-order valence-corrected chi connectivity index (χ1v) is 11.7. The van der Waals surface area contributed by atoms with Gasteiger partial charge in [-0.2, -0.15) is 5.10 Å². The Bertz CT molecular complexity index is 1350. The average molecular weight is 480 g/mol. The van der Waals surface area contributed by atoms with E-state index in [0.29, 0.717) is 40.0 Å². The number of anilines is 1. The number of benzene rings is 1. The number of pyridine rings is 1. The minimum absolute atomic E-state index is 0.129. The van der Waals surface area contributed by atoms with Gasteiger partial charge in [0, 0.05) is 17.8 Å². The molecular formula is C25H23ClFN5O2. The summed E-state index contributed by atoms with van der Waals surface area (Å²) in [6.45, 7) is 1.96. The number of carbonyl (C=O) groups is 1. The van der Waals surface area contributed by atoms with E-state index in [0.717, 1.165) is 12.8 Å². The van der Waals surface area contributed by atoms with Gasteiger partial charge in [0.2, 0.25) is 5.95 Å². The van der Waals surface area contributed by atoms with Crippen LogP contribution in [0.1, 0.15) is 43.0 Å². The minimum Gasteiger partial charge on any atom is -0.462 e. The summed E-state index contributed by atoms with van der Waals surface area (Å²) < 4.78 is 20.2. The van der Waals surface area contributed by atoms with Crippen molar-refractivity contribution in [3.8, 4) is 22.5 Å². The van der Waals surface area contributed by atoms with Crippen molar-refractivity contribution in [3.63, 3.8) is 0 Å². The van der Waals surface area contributed by atoms with Crippen LogP contribution in [-0.4, -0.2) is 38.2 Å². The van der Waals surface area contributed by atoms with E-state index in [4.69, 9.17) is 26.4 Å². The first kappa shape index (κ1) is 22.3. The first-order valence-electron chi connectivity index (χ1n) is 11.3. The summed E-state index contributed by atoms with van der Waals surface area (Å²) >= 11 is 6.60. The van der Waals surface area contributed by atoms with Gasteiger partial charge in [0.1, 0.15) is 16.7 Å². The molecule has 3 aromatic heterocycles. The van der Waals surface area contributed by atoms with E-state index in [2.05, 4.69) is 10.3 Å². The van der Waals surface area contributed by atoms with Gasteiger partial charge < -0.3 is 10.1 Å². The number of fused-ring (bicyclic) bond motifs is 1. The largest absolute Gasteiger partial charge is 0.462 e. The van der Waals surface area contributed by atoms with Gasteiger partial charge >= 0.3 is 5.97 Å². The molecule has 4 aromatic rings. The smallest absolute Gasteiger partial charge is 0.341 e. The van der Waals surface area contributed by atoms with Gasteiger partial charge in [-0.15, -0.1) is 0 Å². The van der Waals surface area contributed by atoms with Gasteiger partial charge in [0.25, 0.3) is 0 Å². The highest BCUT2D eigenvalue weighted by Gasteiger charge is 2.23. The lowest BCUT2D eigenvalue weighted by Gasteiger charge is -2.12. The fourth-order valence-electron chi connectivity index (χ4n) is 4.32. The van der Waals surface area contributed by atoms with Crippen LogP contribution in [0.4, 0.5) is 10.3 Å². The van der Waals surface area contributed by atoms with Gasteiger partial charge in [-0.3, -0.25) is 0 Å². The fraction of sp³-hybridized carbons (Fsp3) is 0.280. The molecule has 0 aliphatic heterocycles. The normalized spacial score (nSPS) is 14.0. The van der Waals surface area contributed by atoms with Gasteiger partial charge in [-0.1, -0.05) is 24.4 Å². The number of nitrogens with zero attached hydrogens (tertiary/aromatic N) is 4. The SMILES string of the molecule is CCOC(=O)c1ccc2c(-c3ccnc(NC4CCCC4)n3)c(-c3ccc(F)cc3)nn2c1Cl. The predicted octanol–water partition coefficient (Wildman–Crippen LogP) is 5.78. The minimum atomic E-state index is -0.528. The lowest BCUT2D eigenvalue weighted by Crippen LogP contribution is -2.16. The molecule has 0 amide bonds. The van der Waals surface area contributed by atoms with E-state index in [1.807, 2.05) is 0 Å². The summed E-state index contributed by atoms with van der Waals surface area (Å²) in [5.74, 6) is -0.329. The molecule has 1 aromatic carbocycles. The van der Waals surface area contributed by atoms with Gasteiger partial charge in [-0.05, 0) is 62.2 Å². The Morgan fingerprint density at radius 2 is 1.94 bits per heavy atom. The third kappa shape index (κ3) is 4.21. The Labute approximate surface area is 200 Å². The third-order valence-electron chi connectivity index (χ3n) is 5.95. The maximum atomic E-state index is 13.6. The van der Waals surface area contributed by atoms with Crippen LogP contribution in [0, 0.1) is 5.82 Å². The molecule has 0 radical (unpaired) electrons. The molecule has 1 aliphatic carbocycles. The second-order valence-electron chi connectivity index (χ2n) is 8.18. The second-order valence-corrected chi connectivity index (χ2v) is 8.54. The highest BCUT2D eigenvalue weighted by molar-refractivity contribution is 6.32. The van der Waals surface area contributed by atoms with Crippen LogP contribution < -0.4 is 5.32 Å². The summed E-state index contributed by atoms with van der Waals surface area (Å²) in [6.07, 6.45) is 6.28. The molecule has 1 aliphatic rings. The van der Waals surface area contributed by atoms with E-state index in [-0.39, 0.29) is 23.1 Å². The van der Waals surface area contributed by atoms with Gasteiger partial charge in [-0.25, -0.2) is 23.7 Å². The fourth-order valence-corrected chi connectivity index (χ4v) is 4.59. The molecule has 9 heteroatoms. The molecule has 0 saturated heterocycles. The Kier molecular flexibility index (Phi) is 6.15. The molecule has 0 spiro atoms. The molecule has 7 nitrogen and oxygen atoms in total. The van der Waals surface area contributed by atoms with Crippen LogP contribution in [0.3, 0.4) is 0 Å². The van der Waals surface area contributed by atoms with E-state index in [9.17, 15) is 9.18 Å². The van der Waals surface area contributed by atoms with Crippen molar-refractivity contribution in [2.45, 2.75) is 38.6 Å². The number of hydrogen-bond donors (Lipinski definition) is 1. The van der Waals surface area contributed by atoms with E-state index < -0.39 is 5.97 Å². The molecule has 0 unspecified atom stereocenters. The maximum absolute atomic E-state index is 13.6. The van der Waals surface area contributed by atoms with Crippen LogP contribution in [0.5, 0.6) is 0 Å². The van der Waals surface area contributed by atoms with E-state index in [1.54, 1.807) is 43.5 Å². The lowest BCUT2D eigenvalue weighted by molar-refractivity contribution is 0.0526. The molecule has 174 valence electrons. The molecule has 1 N–H and O–H groups in total. The zero-order valence-electron chi connectivity index (χ0n) is 18.6. The van der Waals surface area contributed by atoms with Gasteiger partial charge in [0.05, 0.1) is 28.9 Å². The average Bonchev–Trinajstić information content (AvgIpc) is 3.48. The quantitative estimate of drug-likeness (QED) is 0.279. The highest BCUT2D eigenvalue weighted by Crippen LogP contribution is 2.36. The van der Waals surface area contributed by atoms with E-state index in [1.165, 1.54) is 29.5 Å². The van der Waals surface area contributed by atoms with Crippen LogP contribution in [0.2, 0.25) is 5.15 Å². The number of halogens is 2. The molecule has 1 saturated carbocycles. The Morgan fingerprint density at radius 3 is 2.68 bits per heavy atom. The van der Waals surface area contributed by atoms with Crippen LogP contribution in [0.25, 0.3) is 28.0 Å². The van der Waals surface area contributed by atoms with Crippen molar-refractivity contribution in [1.82, 2.24) is 19.6 Å². The summed E-state index contributed by atoms with van der Waals surface area (Å²) in [6, 6.07) is 11.6. The number of esters is 1. The lowest BCUT2D eigenvalue weighted by atomic mass is 10.0. The standard InChI is InChI=1S/C25H23ClFN5O2/c1-2-34-24(33)18-11-12-20-21(19-13-14-28-25(30-19)29-17-5-3-4-6-17)22(31-32(20)23(18)26)15-7-9-16(27)10-8-15/h7-14,17H,2-6H2,1H3,(H,28,29,30). The maximum Gasteiger partial charge on any atom is 0.341 e. The molecule has 5 rings (SSSR count). The molecular weight excluding hydrogens is 457 g/mol. The molecule has 0 atom stereocenters. The number of ether oxygens (including phenoxy) is 1. The Hall–Kier alpha value is -3.52. The summed E-state index contributed by atoms with van der Waals surface area (Å²) in [5.41, 5.74) is 3.47. The monoisotopic (exact) mass is 479 g/mol. The number of carbonyl (C=O) groups excluding carboxylic acids is 1. The topological polar surface area (TPSA) is 81.4 Å². The van der Waals surface area contributed by atoms with Crippen molar-refractivity contribution in [2.75, 3.05) is 11.9 Å². The number of nitrogens with one attached hydrogen (secondary N) is 1. The second kappa shape index (κ2) is 9.38. The number of hydrogen-bond acceptors (Lipinski definition) is 6. The van der Waals surface area contributed by atoms with Crippen LogP contribution >= 0.6 is 11.6 Å². The third-order valence-corrected chi connectivity index (χ3v) is 6.31. The summed E-state index contributed by atoms with van der Waals surface area (Å²) in [5, 5.41) is 8.25. The molecule has 34 heavy (non-hydrogen) atoms. The van der Waals surface area contributed by atoms with Crippen molar-refractivity contribution in [2.24, 2.45) is 0 Å². The zero-order valence-corrected chi connectivity index (χ0v) is 19.3. The Morgan fingerprint density at radius 1 is 1.18 bits per heavy atom. The van der Waals surface area contributed by atoms with Crippen molar-refractivity contribution < 1.29 is 13.9 Å². The predicted molar refractivity (Wildman–Crippen MR) is 128 cm³/mol. The summed E-state index contributed by atoms with van der Waals surface area (Å²) in [4.78, 5) is 21.5. The first-order chi connectivity index (χ1) is 16.5. The van der Waals surface area contributed by atoms with Crippen molar-refractivity contribution in [1.29, 1.82) is 0 Å². The van der Waals surface area contributed by atoms with Gasteiger partial charge in [0.15, 0.2) is 0 Å². The molecule has 3 heterocycles. The summed E-state index contributed by atoms with van der Waals surface area (Å²) in [7, 11) is 0. The zero-order chi connectivity index (χ0) is 23.7. The van der Waals surface area contributed by atoms with E-state index >= 15 is 0 Å². The van der Waals surface area contributed by atoms with Crippen molar-refractivity contribution >= 4 is 29.0 Å². The molecule has 1 fully saturated rings. The van der Waals surface area contributed by atoms with Crippen LogP contribution in [-0.2, 0) is 4.74 Å². The van der Waals surface area contributed by atoms with Crippen LogP contribution in [0.15, 0.2) is 48.7 Å².